The van der Waals surface area contributed by atoms with Crippen LogP contribution in [0.5, 0.6) is 0 Å². The minimum absolute atomic E-state index is 0. The SMILES string of the molecule is CCC(CC1CCCC1)C(=O)NCC1(C)CCNCC1.Cl. The largest absolute Gasteiger partial charge is 0.355 e. The Morgan fingerprint density at radius 2 is 1.90 bits per heavy atom. The quantitative estimate of drug-likeness (QED) is 0.787. The van der Waals surface area contributed by atoms with E-state index >= 15 is 0 Å². The molecular formula is C17H33ClN2O. The zero-order valence-corrected chi connectivity index (χ0v) is 14.6. The van der Waals surface area contributed by atoms with Gasteiger partial charge in [-0.2, -0.15) is 0 Å². The van der Waals surface area contributed by atoms with Crippen molar-refractivity contribution >= 4 is 18.3 Å². The van der Waals surface area contributed by atoms with E-state index < -0.39 is 0 Å². The van der Waals surface area contributed by atoms with Crippen molar-refractivity contribution in [3.05, 3.63) is 0 Å². The van der Waals surface area contributed by atoms with Gasteiger partial charge in [0.25, 0.3) is 0 Å². The zero-order chi connectivity index (χ0) is 14.4. The number of carbonyl (C=O) groups excluding carboxylic acids is 1. The number of hydrogen-bond donors (Lipinski definition) is 2. The summed E-state index contributed by atoms with van der Waals surface area (Å²) >= 11 is 0. The van der Waals surface area contributed by atoms with Crippen LogP contribution in [-0.4, -0.2) is 25.5 Å². The van der Waals surface area contributed by atoms with E-state index in [0.29, 0.717) is 11.3 Å². The zero-order valence-electron chi connectivity index (χ0n) is 13.7. The Bertz CT molecular complexity index is 310. The lowest BCUT2D eigenvalue weighted by atomic mass is 9.80. The molecule has 2 N–H and O–H groups in total. The van der Waals surface area contributed by atoms with Crippen LogP contribution in [0.2, 0.25) is 0 Å². The molecule has 4 heteroatoms. The summed E-state index contributed by atoms with van der Waals surface area (Å²) in [6.45, 7) is 7.50. The molecular weight excluding hydrogens is 284 g/mol. The van der Waals surface area contributed by atoms with Crippen LogP contribution < -0.4 is 10.6 Å². The molecule has 0 radical (unpaired) electrons. The van der Waals surface area contributed by atoms with Gasteiger partial charge in [0, 0.05) is 12.5 Å². The molecule has 0 bridgehead atoms. The predicted octanol–water partition coefficient (Wildman–Crippen LogP) is 3.52. The molecule has 1 atom stereocenters. The van der Waals surface area contributed by atoms with E-state index in [1.54, 1.807) is 0 Å². The highest BCUT2D eigenvalue weighted by molar-refractivity contribution is 5.85. The van der Waals surface area contributed by atoms with Gasteiger partial charge in [-0.05, 0) is 50.1 Å². The van der Waals surface area contributed by atoms with E-state index in [2.05, 4.69) is 24.5 Å². The summed E-state index contributed by atoms with van der Waals surface area (Å²) in [5, 5.41) is 6.65. The average Bonchev–Trinajstić information content (AvgIpc) is 2.96. The molecule has 0 aromatic carbocycles. The molecule has 1 unspecified atom stereocenters. The maximum atomic E-state index is 12.4. The number of amides is 1. The van der Waals surface area contributed by atoms with Gasteiger partial charge in [-0.1, -0.05) is 39.5 Å². The fraction of sp³-hybridized carbons (Fsp3) is 0.941. The van der Waals surface area contributed by atoms with Gasteiger partial charge in [-0.25, -0.2) is 0 Å². The molecule has 124 valence electrons. The van der Waals surface area contributed by atoms with Gasteiger partial charge in [0.05, 0.1) is 0 Å². The van der Waals surface area contributed by atoms with E-state index in [-0.39, 0.29) is 18.3 Å². The summed E-state index contributed by atoms with van der Waals surface area (Å²) in [6, 6.07) is 0. The molecule has 2 aliphatic rings. The number of carbonyl (C=O) groups is 1. The van der Waals surface area contributed by atoms with Gasteiger partial charge < -0.3 is 10.6 Å². The first kappa shape index (κ1) is 18.8. The Labute approximate surface area is 136 Å². The fourth-order valence-corrected chi connectivity index (χ4v) is 3.76. The van der Waals surface area contributed by atoms with Crippen molar-refractivity contribution in [2.24, 2.45) is 17.3 Å². The lowest BCUT2D eigenvalue weighted by molar-refractivity contribution is -0.126. The van der Waals surface area contributed by atoms with Crippen molar-refractivity contribution in [2.75, 3.05) is 19.6 Å². The molecule has 1 aliphatic heterocycles. The monoisotopic (exact) mass is 316 g/mol. The summed E-state index contributed by atoms with van der Waals surface area (Å²) < 4.78 is 0. The number of rotatable bonds is 6. The average molecular weight is 317 g/mol. The molecule has 1 saturated carbocycles. The van der Waals surface area contributed by atoms with Crippen LogP contribution in [0.15, 0.2) is 0 Å². The van der Waals surface area contributed by atoms with Crippen LogP contribution in [0.3, 0.4) is 0 Å². The van der Waals surface area contributed by atoms with Crippen molar-refractivity contribution in [1.29, 1.82) is 0 Å². The minimum atomic E-state index is 0. The molecule has 1 heterocycles. The minimum Gasteiger partial charge on any atom is -0.355 e. The van der Waals surface area contributed by atoms with Crippen LogP contribution >= 0.6 is 12.4 Å². The fourth-order valence-electron chi connectivity index (χ4n) is 3.76. The first-order chi connectivity index (χ1) is 9.63. The highest BCUT2D eigenvalue weighted by Crippen LogP contribution is 2.32. The first-order valence-corrected chi connectivity index (χ1v) is 8.61. The molecule has 0 aromatic rings. The topological polar surface area (TPSA) is 41.1 Å². The van der Waals surface area contributed by atoms with Gasteiger partial charge in [-0.3, -0.25) is 4.79 Å². The maximum absolute atomic E-state index is 12.4. The smallest absolute Gasteiger partial charge is 0.223 e. The van der Waals surface area contributed by atoms with E-state index in [1.165, 1.54) is 38.5 Å². The van der Waals surface area contributed by atoms with Crippen molar-refractivity contribution in [1.82, 2.24) is 10.6 Å². The Hall–Kier alpha value is -0.280. The lowest BCUT2D eigenvalue weighted by Crippen LogP contribution is -2.44. The van der Waals surface area contributed by atoms with Crippen molar-refractivity contribution in [3.63, 3.8) is 0 Å². The van der Waals surface area contributed by atoms with Crippen molar-refractivity contribution < 1.29 is 4.79 Å². The van der Waals surface area contributed by atoms with Crippen molar-refractivity contribution in [3.8, 4) is 0 Å². The Balaban J connectivity index is 0.00000220. The van der Waals surface area contributed by atoms with E-state index in [0.717, 1.165) is 38.4 Å². The second-order valence-electron chi connectivity index (χ2n) is 7.27. The normalized spacial score (nSPS) is 23.3. The molecule has 0 spiro atoms. The predicted molar refractivity (Wildman–Crippen MR) is 90.8 cm³/mol. The first-order valence-electron chi connectivity index (χ1n) is 8.61. The molecule has 1 amide bonds. The Morgan fingerprint density at radius 3 is 2.48 bits per heavy atom. The van der Waals surface area contributed by atoms with Crippen molar-refractivity contribution in [2.45, 2.75) is 65.2 Å². The summed E-state index contributed by atoms with van der Waals surface area (Å²) in [6.07, 6.45) is 9.86. The molecule has 1 aliphatic carbocycles. The molecule has 21 heavy (non-hydrogen) atoms. The van der Waals surface area contributed by atoms with Gasteiger partial charge in [0.2, 0.25) is 5.91 Å². The standard InChI is InChI=1S/C17H32N2O.ClH/c1-3-15(12-14-6-4-5-7-14)16(20)19-13-17(2)8-10-18-11-9-17;/h14-15,18H,3-13H2,1-2H3,(H,19,20);1H. The second kappa shape index (κ2) is 8.99. The highest BCUT2D eigenvalue weighted by atomic mass is 35.5. The summed E-state index contributed by atoms with van der Waals surface area (Å²) in [7, 11) is 0. The Kier molecular flexibility index (Phi) is 8.04. The van der Waals surface area contributed by atoms with Crippen LogP contribution in [-0.2, 0) is 4.79 Å². The third-order valence-electron chi connectivity index (χ3n) is 5.46. The summed E-state index contributed by atoms with van der Waals surface area (Å²) in [5.74, 6) is 1.35. The van der Waals surface area contributed by atoms with E-state index in [9.17, 15) is 4.79 Å². The maximum Gasteiger partial charge on any atom is 0.223 e. The van der Waals surface area contributed by atoms with Gasteiger partial charge in [0.15, 0.2) is 0 Å². The number of halogens is 1. The molecule has 0 aromatic heterocycles. The van der Waals surface area contributed by atoms with Crippen LogP contribution in [0, 0.1) is 17.3 Å². The molecule has 2 rings (SSSR count). The number of piperidine rings is 1. The Morgan fingerprint density at radius 1 is 1.29 bits per heavy atom. The molecule has 3 nitrogen and oxygen atoms in total. The molecule has 1 saturated heterocycles. The third kappa shape index (κ3) is 5.78. The lowest BCUT2D eigenvalue weighted by Gasteiger charge is -2.34. The van der Waals surface area contributed by atoms with Gasteiger partial charge >= 0.3 is 0 Å². The summed E-state index contributed by atoms with van der Waals surface area (Å²) in [4.78, 5) is 12.4. The number of nitrogens with one attached hydrogen (secondary N) is 2. The van der Waals surface area contributed by atoms with Gasteiger partial charge in [-0.15, -0.1) is 12.4 Å². The van der Waals surface area contributed by atoms with Crippen LogP contribution in [0.1, 0.15) is 65.2 Å². The summed E-state index contributed by atoms with van der Waals surface area (Å²) in [5.41, 5.74) is 0.298. The highest BCUT2D eigenvalue weighted by Gasteiger charge is 2.29. The third-order valence-corrected chi connectivity index (χ3v) is 5.46. The molecule has 2 fully saturated rings. The van der Waals surface area contributed by atoms with E-state index in [1.807, 2.05) is 0 Å². The van der Waals surface area contributed by atoms with Crippen LogP contribution in [0.25, 0.3) is 0 Å². The van der Waals surface area contributed by atoms with E-state index in [4.69, 9.17) is 0 Å². The number of hydrogen-bond acceptors (Lipinski definition) is 2. The van der Waals surface area contributed by atoms with Crippen LogP contribution in [0.4, 0.5) is 0 Å². The second-order valence-corrected chi connectivity index (χ2v) is 7.27. The van der Waals surface area contributed by atoms with Gasteiger partial charge in [0.1, 0.15) is 0 Å².